The van der Waals surface area contributed by atoms with Crippen LogP contribution in [0.15, 0.2) is 0 Å². The largest absolute Gasteiger partial charge is 0.396 e. The number of rotatable bonds is 11. The first-order valence-electron chi connectivity index (χ1n) is 6.16. The molecule has 3 atom stereocenters. The number of hydrogen-bond acceptors (Lipinski definition) is 8. The molecule has 0 aromatic heterocycles. The average molecular weight is 284 g/mol. The lowest BCUT2D eigenvalue weighted by Gasteiger charge is -2.33. The summed E-state index contributed by atoms with van der Waals surface area (Å²) in [5.74, 6) is -2.77. The molecule has 0 bridgehead atoms. The van der Waals surface area contributed by atoms with E-state index in [4.69, 9.17) is 24.4 Å². The van der Waals surface area contributed by atoms with E-state index in [1.807, 2.05) is 0 Å². The van der Waals surface area contributed by atoms with E-state index < -0.39 is 24.7 Å². The van der Waals surface area contributed by atoms with Gasteiger partial charge in [0.1, 0.15) is 0 Å². The van der Waals surface area contributed by atoms with Crippen LogP contribution in [-0.2, 0) is 14.2 Å². The van der Waals surface area contributed by atoms with Gasteiger partial charge in [-0.05, 0) is 13.3 Å². The van der Waals surface area contributed by atoms with E-state index in [-0.39, 0.29) is 26.2 Å². The number of ether oxygens (including phenoxy) is 3. The third kappa shape index (κ3) is 7.75. The second-order valence-corrected chi connectivity index (χ2v) is 4.07. The number of aliphatic hydroxyl groups is 5. The van der Waals surface area contributed by atoms with Crippen molar-refractivity contribution in [2.24, 2.45) is 0 Å². The van der Waals surface area contributed by atoms with Crippen molar-refractivity contribution in [2.75, 3.05) is 19.8 Å². The van der Waals surface area contributed by atoms with Gasteiger partial charge >= 0.3 is 5.97 Å². The van der Waals surface area contributed by atoms with Gasteiger partial charge in [-0.1, -0.05) is 6.92 Å². The molecule has 0 saturated carbocycles. The van der Waals surface area contributed by atoms with Crippen LogP contribution in [-0.4, -0.2) is 70.0 Å². The van der Waals surface area contributed by atoms with E-state index in [2.05, 4.69) is 0 Å². The van der Waals surface area contributed by atoms with Crippen LogP contribution in [0.2, 0.25) is 0 Å². The Labute approximate surface area is 112 Å². The molecule has 0 fully saturated rings. The second kappa shape index (κ2) is 9.56. The van der Waals surface area contributed by atoms with Gasteiger partial charge in [-0.3, -0.25) is 0 Å². The molecule has 5 N–H and O–H groups in total. The number of aliphatic hydroxyl groups excluding tert-OH is 3. The molecule has 0 aliphatic rings. The molecule has 116 valence electrons. The Kier molecular flexibility index (Phi) is 9.40. The Morgan fingerprint density at radius 3 is 2.26 bits per heavy atom. The third-order valence-electron chi connectivity index (χ3n) is 2.10. The topological polar surface area (TPSA) is 129 Å². The quantitative estimate of drug-likeness (QED) is 0.290. The van der Waals surface area contributed by atoms with E-state index in [9.17, 15) is 15.3 Å². The van der Waals surface area contributed by atoms with Crippen LogP contribution in [0, 0.1) is 0 Å². The Hall–Kier alpha value is -0.320. The summed E-state index contributed by atoms with van der Waals surface area (Å²) in [6, 6.07) is 0. The fraction of sp³-hybridized carbons (Fsp3) is 1.00. The summed E-state index contributed by atoms with van der Waals surface area (Å²) in [6.45, 7) is 2.57. The maximum Gasteiger partial charge on any atom is 0.332 e. The van der Waals surface area contributed by atoms with Crippen molar-refractivity contribution >= 4 is 0 Å². The van der Waals surface area contributed by atoms with Gasteiger partial charge in [-0.2, -0.15) is 0 Å². The minimum Gasteiger partial charge on any atom is -0.396 e. The zero-order valence-electron chi connectivity index (χ0n) is 11.2. The van der Waals surface area contributed by atoms with Crippen molar-refractivity contribution in [3.63, 3.8) is 0 Å². The van der Waals surface area contributed by atoms with E-state index in [0.29, 0.717) is 6.42 Å². The normalized spacial score (nSPS) is 17.2. The van der Waals surface area contributed by atoms with Crippen LogP contribution in [0.5, 0.6) is 0 Å². The summed E-state index contributed by atoms with van der Waals surface area (Å²) in [6.07, 6.45) is -3.52. The summed E-state index contributed by atoms with van der Waals surface area (Å²) < 4.78 is 14.7. The molecule has 0 amide bonds. The molecule has 0 spiro atoms. The molecular weight excluding hydrogens is 260 g/mol. The Bertz CT molecular complexity index is 223. The molecule has 0 rings (SSSR count). The lowest BCUT2D eigenvalue weighted by Crippen LogP contribution is -2.51. The molecule has 0 aromatic rings. The molecule has 8 heteroatoms. The summed E-state index contributed by atoms with van der Waals surface area (Å²) in [4.78, 5) is 0. The summed E-state index contributed by atoms with van der Waals surface area (Å²) >= 11 is 0. The molecule has 3 unspecified atom stereocenters. The monoisotopic (exact) mass is 284 g/mol. The van der Waals surface area contributed by atoms with Crippen molar-refractivity contribution in [2.45, 2.75) is 51.3 Å². The lowest BCUT2D eigenvalue weighted by molar-refractivity contribution is -0.447. The fourth-order valence-electron chi connectivity index (χ4n) is 1.10. The third-order valence-corrected chi connectivity index (χ3v) is 2.10. The van der Waals surface area contributed by atoms with Crippen molar-refractivity contribution in [1.29, 1.82) is 0 Å². The first kappa shape index (κ1) is 18.7. The molecular formula is C11H24O8. The highest BCUT2D eigenvalue weighted by molar-refractivity contribution is 4.62. The van der Waals surface area contributed by atoms with Crippen LogP contribution in [0.4, 0.5) is 0 Å². The van der Waals surface area contributed by atoms with Crippen LogP contribution < -0.4 is 0 Å². The van der Waals surface area contributed by atoms with Crippen LogP contribution in [0.25, 0.3) is 0 Å². The first-order valence-corrected chi connectivity index (χ1v) is 6.16. The van der Waals surface area contributed by atoms with E-state index in [1.165, 1.54) is 6.92 Å². The molecule has 19 heavy (non-hydrogen) atoms. The van der Waals surface area contributed by atoms with Crippen LogP contribution in [0.1, 0.15) is 26.7 Å². The van der Waals surface area contributed by atoms with Crippen LogP contribution >= 0.6 is 0 Å². The molecule has 0 heterocycles. The van der Waals surface area contributed by atoms with Crippen molar-refractivity contribution in [3.8, 4) is 0 Å². The van der Waals surface area contributed by atoms with E-state index in [1.54, 1.807) is 6.92 Å². The van der Waals surface area contributed by atoms with Gasteiger partial charge in [0.25, 0.3) is 0 Å². The van der Waals surface area contributed by atoms with Crippen LogP contribution in [0.3, 0.4) is 0 Å². The summed E-state index contributed by atoms with van der Waals surface area (Å²) in [5.41, 5.74) is 0. The standard InChI is InChI=1S/C11H24O8/c1-3-6-17-11(15,16)10(18-8(2)7-13)19-9(14)4-5-12/h8-10,12-16H,3-7H2,1-2H3. The molecule has 8 nitrogen and oxygen atoms in total. The Balaban J connectivity index is 4.63. The lowest BCUT2D eigenvalue weighted by atomic mass is 10.4. The minimum absolute atomic E-state index is 0.0415. The molecule has 0 aliphatic carbocycles. The SMILES string of the molecule is CCCOC(O)(O)C(OC(C)CO)OC(O)CCO. The fourth-order valence-corrected chi connectivity index (χ4v) is 1.10. The van der Waals surface area contributed by atoms with Gasteiger partial charge in [0, 0.05) is 13.0 Å². The van der Waals surface area contributed by atoms with Crippen molar-refractivity contribution in [3.05, 3.63) is 0 Å². The zero-order valence-corrected chi connectivity index (χ0v) is 11.2. The van der Waals surface area contributed by atoms with Crippen molar-refractivity contribution < 1.29 is 39.7 Å². The van der Waals surface area contributed by atoms with Gasteiger partial charge in [0.05, 0.1) is 19.3 Å². The highest BCUT2D eigenvalue weighted by Gasteiger charge is 2.40. The molecule has 0 aromatic carbocycles. The highest BCUT2D eigenvalue weighted by atomic mass is 16.8. The predicted octanol–water partition coefficient (Wildman–Crippen LogP) is -1.51. The predicted molar refractivity (Wildman–Crippen MR) is 63.6 cm³/mol. The number of hydrogen-bond donors (Lipinski definition) is 5. The first-order chi connectivity index (χ1) is 8.87. The Morgan fingerprint density at radius 2 is 1.79 bits per heavy atom. The van der Waals surface area contributed by atoms with E-state index in [0.717, 1.165) is 0 Å². The highest BCUT2D eigenvalue weighted by Crippen LogP contribution is 2.18. The molecule has 0 aliphatic heterocycles. The van der Waals surface area contributed by atoms with Gasteiger partial charge in [-0.15, -0.1) is 0 Å². The molecule has 0 saturated heterocycles. The van der Waals surface area contributed by atoms with Gasteiger partial charge in [0.2, 0.25) is 6.29 Å². The maximum atomic E-state index is 9.69. The van der Waals surface area contributed by atoms with Gasteiger partial charge < -0.3 is 39.7 Å². The molecule has 0 radical (unpaired) electrons. The smallest absolute Gasteiger partial charge is 0.332 e. The van der Waals surface area contributed by atoms with Crippen molar-refractivity contribution in [1.82, 2.24) is 0 Å². The summed E-state index contributed by atoms with van der Waals surface area (Å²) in [5, 5.41) is 46.3. The average Bonchev–Trinajstić information content (AvgIpc) is 2.35. The Morgan fingerprint density at radius 1 is 1.16 bits per heavy atom. The van der Waals surface area contributed by atoms with E-state index >= 15 is 0 Å². The zero-order chi connectivity index (χ0) is 14.9. The van der Waals surface area contributed by atoms with Gasteiger partial charge in [0.15, 0.2) is 6.29 Å². The maximum absolute atomic E-state index is 9.69. The second-order valence-electron chi connectivity index (χ2n) is 4.07. The summed E-state index contributed by atoms with van der Waals surface area (Å²) in [7, 11) is 0. The van der Waals surface area contributed by atoms with Gasteiger partial charge in [-0.25, -0.2) is 0 Å². The minimum atomic E-state index is -2.77.